The van der Waals surface area contributed by atoms with E-state index in [1.807, 2.05) is 48.8 Å². The molecule has 0 bridgehead atoms. The lowest BCUT2D eigenvalue weighted by molar-refractivity contribution is 0.782. The molecule has 0 fully saturated rings. The lowest BCUT2D eigenvalue weighted by Gasteiger charge is -2.02. The molecule has 0 saturated carbocycles. The first-order chi connectivity index (χ1) is 9.16. The van der Waals surface area contributed by atoms with Gasteiger partial charge in [-0.15, -0.1) is 11.3 Å². The number of nitrogen functional groups attached to an aromatic ring is 1. The number of anilines is 1. The third kappa shape index (κ3) is 2.13. The number of benzene rings is 1. The van der Waals surface area contributed by atoms with Crippen molar-refractivity contribution in [2.45, 2.75) is 0 Å². The number of rotatable bonds is 2. The Morgan fingerprint density at radius 1 is 1.26 bits per heavy atom. The molecule has 3 aromatic rings. The average molecular weight is 290 g/mol. The Hall–Kier alpha value is -1.78. The van der Waals surface area contributed by atoms with Crippen LogP contribution >= 0.6 is 22.9 Å². The third-order valence-electron chi connectivity index (χ3n) is 2.96. The van der Waals surface area contributed by atoms with Gasteiger partial charge in [-0.2, -0.15) is 5.10 Å². The van der Waals surface area contributed by atoms with Crippen molar-refractivity contribution in [3.63, 3.8) is 0 Å². The molecule has 1 aromatic carbocycles. The SMILES string of the molecule is Cn1nc(-c2cccc(Cl)c2)c(-c2cccs2)c1N. The van der Waals surface area contributed by atoms with Gasteiger partial charge in [0.05, 0.1) is 5.56 Å². The highest BCUT2D eigenvalue weighted by atomic mass is 35.5. The maximum absolute atomic E-state index is 6.14. The standard InChI is InChI=1S/C14H12ClN3S/c1-18-14(16)12(11-6-3-7-19-11)13(17-18)9-4-2-5-10(15)8-9/h2-8H,16H2,1H3. The number of aryl methyl sites for hydroxylation is 1. The van der Waals surface area contributed by atoms with Crippen molar-refractivity contribution in [1.82, 2.24) is 9.78 Å². The van der Waals surface area contributed by atoms with Crippen molar-refractivity contribution >= 4 is 28.8 Å². The Morgan fingerprint density at radius 3 is 2.79 bits per heavy atom. The smallest absolute Gasteiger partial charge is 0.130 e. The number of halogens is 1. The number of nitrogens with zero attached hydrogens (tertiary/aromatic N) is 2. The van der Waals surface area contributed by atoms with Crippen molar-refractivity contribution in [1.29, 1.82) is 0 Å². The van der Waals surface area contributed by atoms with Crippen LogP contribution < -0.4 is 5.73 Å². The molecule has 0 radical (unpaired) electrons. The summed E-state index contributed by atoms with van der Waals surface area (Å²) in [7, 11) is 1.85. The van der Waals surface area contributed by atoms with Crippen LogP contribution in [0.2, 0.25) is 5.02 Å². The lowest BCUT2D eigenvalue weighted by Crippen LogP contribution is -1.97. The molecule has 19 heavy (non-hydrogen) atoms. The van der Waals surface area contributed by atoms with E-state index in [0.717, 1.165) is 21.7 Å². The topological polar surface area (TPSA) is 43.8 Å². The molecule has 2 aromatic heterocycles. The Morgan fingerprint density at radius 2 is 2.11 bits per heavy atom. The summed E-state index contributed by atoms with van der Waals surface area (Å²) in [5, 5.41) is 7.24. The summed E-state index contributed by atoms with van der Waals surface area (Å²) in [5.74, 6) is 0.664. The van der Waals surface area contributed by atoms with Crippen molar-refractivity contribution < 1.29 is 0 Å². The van der Waals surface area contributed by atoms with Crippen LogP contribution in [-0.4, -0.2) is 9.78 Å². The van der Waals surface area contributed by atoms with Gasteiger partial charge in [0, 0.05) is 22.5 Å². The number of hydrogen-bond acceptors (Lipinski definition) is 3. The Labute approximate surface area is 120 Å². The summed E-state index contributed by atoms with van der Waals surface area (Å²) in [6.45, 7) is 0. The van der Waals surface area contributed by atoms with Gasteiger partial charge in [-0.3, -0.25) is 4.68 Å². The molecule has 5 heteroatoms. The fourth-order valence-electron chi connectivity index (χ4n) is 2.04. The predicted octanol–water partition coefficient (Wildman–Crippen LogP) is 4.05. The quantitative estimate of drug-likeness (QED) is 0.773. The van der Waals surface area contributed by atoms with E-state index in [4.69, 9.17) is 17.3 Å². The maximum Gasteiger partial charge on any atom is 0.130 e. The summed E-state index contributed by atoms with van der Waals surface area (Å²) in [6.07, 6.45) is 0. The van der Waals surface area contributed by atoms with E-state index < -0.39 is 0 Å². The Bertz CT molecular complexity index is 716. The monoisotopic (exact) mass is 289 g/mol. The fraction of sp³-hybridized carbons (Fsp3) is 0.0714. The minimum atomic E-state index is 0.664. The summed E-state index contributed by atoms with van der Waals surface area (Å²) >= 11 is 7.71. The van der Waals surface area contributed by atoms with E-state index in [9.17, 15) is 0 Å². The van der Waals surface area contributed by atoms with Crippen molar-refractivity contribution in [2.75, 3.05) is 5.73 Å². The summed E-state index contributed by atoms with van der Waals surface area (Å²) in [5.41, 5.74) is 8.96. The van der Waals surface area contributed by atoms with E-state index >= 15 is 0 Å². The summed E-state index contributed by atoms with van der Waals surface area (Å²) in [4.78, 5) is 1.11. The average Bonchev–Trinajstić information content (AvgIpc) is 2.99. The molecule has 0 aliphatic heterocycles. The van der Waals surface area contributed by atoms with Crippen LogP contribution in [0.4, 0.5) is 5.82 Å². The minimum Gasteiger partial charge on any atom is -0.383 e. The first-order valence-corrected chi connectivity index (χ1v) is 7.05. The second-order valence-electron chi connectivity index (χ2n) is 4.22. The van der Waals surface area contributed by atoms with Gasteiger partial charge in [0.1, 0.15) is 11.5 Å². The summed E-state index contributed by atoms with van der Waals surface area (Å²) < 4.78 is 1.70. The van der Waals surface area contributed by atoms with Crippen LogP contribution in [0.25, 0.3) is 21.7 Å². The maximum atomic E-state index is 6.14. The van der Waals surface area contributed by atoms with E-state index in [1.54, 1.807) is 16.0 Å². The first kappa shape index (κ1) is 12.3. The normalized spacial score (nSPS) is 10.8. The first-order valence-electron chi connectivity index (χ1n) is 5.79. The van der Waals surface area contributed by atoms with Gasteiger partial charge in [-0.1, -0.05) is 29.8 Å². The van der Waals surface area contributed by atoms with E-state index in [0.29, 0.717) is 10.8 Å². The van der Waals surface area contributed by atoms with Gasteiger partial charge < -0.3 is 5.73 Å². The molecule has 3 rings (SSSR count). The van der Waals surface area contributed by atoms with E-state index in [2.05, 4.69) is 5.10 Å². The van der Waals surface area contributed by atoms with Crippen LogP contribution in [0.3, 0.4) is 0 Å². The highest BCUT2D eigenvalue weighted by molar-refractivity contribution is 7.13. The Kier molecular flexibility index (Phi) is 3.05. The molecule has 0 aliphatic carbocycles. The molecule has 0 atom stereocenters. The molecular weight excluding hydrogens is 278 g/mol. The van der Waals surface area contributed by atoms with Crippen LogP contribution in [0.5, 0.6) is 0 Å². The third-order valence-corrected chi connectivity index (χ3v) is 4.08. The second kappa shape index (κ2) is 4.72. The van der Waals surface area contributed by atoms with Crippen LogP contribution in [0.1, 0.15) is 0 Å². The molecule has 96 valence electrons. The van der Waals surface area contributed by atoms with Gasteiger partial charge >= 0.3 is 0 Å². The van der Waals surface area contributed by atoms with Gasteiger partial charge in [-0.05, 0) is 23.6 Å². The largest absolute Gasteiger partial charge is 0.383 e. The van der Waals surface area contributed by atoms with Gasteiger partial charge in [0.2, 0.25) is 0 Å². The van der Waals surface area contributed by atoms with Crippen molar-refractivity contribution in [2.24, 2.45) is 7.05 Å². The van der Waals surface area contributed by atoms with Crippen LogP contribution in [0, 0.1) is 0 Å². The zero-order chi connectivity index (χ0) is 13.4. The molecule has 2 N–H and O–H groups in total. The van der Waals surface area contributed by atoms with Crippen molar-refractivity contribution in [3.05, 3.63) is 46.8 Å². The van der Waals surface area contributed by atoms with Gasteiger partial charge in [0.15, 0.2) is 0 Å². The van der Waals surface area contributed by atoms with Gasteiger partial charge in [-0.25, -0.2) is 0 Å². The minimum absolute atomic E-state index is 0.664. The van der Waals surface area contributed by atoms with Crippen LogP contribution in [0.15, 0.2) is 41.8 Å². The number of aromatic nitrogens is 2. The van der Waals surface area contributed by atoms with Gasteiger partial charge in [0.25, 0.3) is 0 Å². The highest BCUT2D eigenvalue weighted by Crippen LogP contribution is 2.38. The van der Waals surface area contributed by atoms with Crippen LogP contribution in [-0.2, 0) is 7.05 Å². The Balaban J connectivity index is 2.25. The number of nitrogens with two attached hydrogens (primary N) is 1. The highest BCUT2D eigenvalue weighted by Gasteiger charge is 2.18. The zero-order valence-corrected chi connectivity index (χ0v) is 11.9. The number of thiophene rings is 1. The second-order valence-corrected chi connectivity index (χ2v) is 5.60. The molecule has 0 saturated heterocycles. The van der Waals surface area contributed by atoms with Crippen molar-refractivity contribution in [3.8, 4) is 21.7 Å². The van der Waals surface area contributed by atoms with E-state index in [1.165, 1.54) is 0 Å². The summed E-state index contributed by atoms with van der Waals surface area (Å²) in [6, 6.07) is 11.7. The molecule has 0 spiro atoms. The zero-order valence-electron chi connectivity index (χ0n) is 10.3. The predicted molar refractivity (Wildman–Crippen MR) is 81.4 cm³/mol. The molecule has 0 amide bonds. The molecular formula is C14H12ClN3S. The fourth-order valence-corrected chi connectivity index (χ4v) is 3.01. The molecule has 0 unspecified atom stereocenters. The molecule has 2 heterocycles. The number of hydrogen-bond donors (Lipinski definition) is 1. The molecule has 0 aliphatic rings. The lowest BCUT2D eigenvalue weighted by atomic mass is 10.1. The van der Waals surface area contributed by atoms with E-state index in [-0.39, 0.29) is 0 Å². The molecule has 3 nitrogen and oxygen atoms in total.